The molecule has 0 spiro atoms. The fraction of sp³-hybridized carbons (Fsp3) is 0.500. The smallest absolute Gasteiger partial charge is 0.236 e. The Bertz CT molecular complexity index is 1500. The molecule has 4 aromatic rings. The number of aromatic nitrogens is 4. The van der Waals surface area contributed by atoms with Crippen molar-refractivity contribution < 1.29 is 9.53 Å². The first-order chi connectivity index (χ1) is 18.6. The Morgan fingerprint density at radius 2 is 1.89 bits per heavy atom. The van der Waals surface area contributed by atoms with Crippen molar-refractivity contribution >= 4 is 22.5 Å². The first-order valence-corrected chi connectivity index (χ1v) is 14.1. The lowest BCUT2D eigenvalue weighted by Crippen LogP contribution is -2.42. The maximum Gasteiger partial charge on any atom is 0.236 e. The molecule has 0 radical (unpaired) electrons. The van der Waals surface area contributed by atoms with Crippen LogP contribution in [-0.2, 0) is 22.7 Å². The van der Waals surface area contributed by atoms with Crippen LogP contribution in [0.3, 0.4) is 0 Å². The Morgan fingerprint density at radius 3 is 2.68 bits per heavy atom. The number of carbonyl (C=O) groups is 1. The van der Waals surface area contributed by atoms with Crippen molar-refractivity contribution in [2.24, 2.45) is 0 Å². The largest absolute Gasteiger partial charge is 0.372 e. The summed E-state index contributed by atoms with van der Waals surface area (Å²) in [6.45, 7) is 10.2. The molecule has 38 heavy (non-hydrogen) atoms. The number of fused-ring (bicyclic) bond motifs is 4. The van der Waals surface area contributed by atoms with E-state index in [1.165, 1.54) is 33.3 Å². The Labute approximate surface area is 223 Å². The molecule has 2 fully saturated rings. The molecular formula is C30H36N6O2. The number of H-pyrrole nitrogens is 1. The molecule has 0 unspecified atom stereocenters. The van der Waals surface area contributed by atoms with Gasteiger partial charge in [0.15, 0.2) is 5.65 Å². The predicted octanol–water partition coefficient (Wildman–Crippen LogP) is 4.83. The van der Waals surface area contributed by atoms with Crippen LogP contribution >= 0.6 is 0 Å². The number of piperidine rings is 1. The summed E-state index contributed by atoms with van der Waals surface area (Å²) < 4.78 is 7.75. The van der Waals surface area contributed by atoms with Crippen molar-refractivity contribution in [3.05, 3.63) is 53.0 Å². The lowest BCUT2D eigenvalue weighted by Gasteiger charge is -2.32. The van der Waals surface area contributed by atoms with Crippen molar-refractivity contribution in [3.63, 3.8) is 0 Å². The first-order valence-electron chi connectivity index (χ1n) is 14.1. The molecule has 198 valence electrons. The van der Waals surface area contributed by atoms with E-state index >= 15 is 0 Å². The maximum atomic E-state index is 12.6. The van der Waals surface area contributed by atoms with Gasteiger partial charge in [-0.15, -0.1) is 0 Å². The molecule has 7 rings (SSSR count). The molecule has 3 aromatic heterocycles. The van der Waals surface area contributed by atoms with E-state index < -0.39 is 0 Å². The normalized spacial score (nSPS) is 18.9. The highest BCUT2D eigenvalue weighted by molar-refractivity contribution is 5.93. The van der Waals surface area contributed by atoms with Gasteiger partial charge in [-0.2, -0.15) is 5.10 Å². The quantitative estimate of drug-likeness (QED) is 0.414. The topological polar surface area (TPSA) is 78.8 Å². The Kier molecular flexibility index (Phi) is 5.97. The number of nitrogens with one attached hydrogen (secondary N) is 1. The summed E-state index contributed by atoms with van der Waals surface area (Å²) in [5.74, 6) is 1.20. The molecule has 1 amide bonds. The second-order valence-corrected chi connectivity index (χ2v) is 11.5. The van der Waals surface area contributed by atoms with Crippen LogP contribution < -0.4 is 0 Å². The highest BCUT2D eigenvalue weighted by atomic mass is 16.5. The molecule has 0 bridgehead atoms. The van der Waals surface area contributed by atoms with Crippen molar-refractivity contribution in [3.8, 4) is 11.3 Å². The molecule has 0 saturated carbocycles. The summed E-state index contributed by atoms with van der Waals surface area (Å²) in [5, 5.41) is 5.75. The van der Waals surface area contributed by atoms with Gasteiger partial charge in [0.05, 0.1) is 25.5 Å². The average molecular weight is 513 g/mol. The van der Waals surface area contributed by atoms with E-state index in [1.54, 1.807) is 6.33 Å². The number of pyridine rings is 1. The molecule has 3 aliphatic heterocycles. The number of benzene rings is 1. The third-order valence-corrected chi connectivity index (χ3v) is 8.86. The second kappa shape index (κ2) is 9.50. The van der Waals surface area contributed by atoms with E-state index in [-0.39, 0.29) is 0 Å². The van der Waals surface area contributed by atoms with Gasteiger partial charge in [0.25, 0.3) is 0 Å². The van der Waals surface area contributed by atoms with E-state index in [2.05, 4.69) is 58.2 Å². The zero-order valence-electron chi connectivity index (χ0n) is 22.4. The Morgan fingerprint density at radius 1 is 1.11 bits per heavy atom. The average Bonchev–Trinajstić information content (AvgIpc) is 3.72. The highest BCUT2D eigenvalue weighted by Crippen LogP contribution is 2.41. The third-order valence-electron chi connectivity index (χ3n) is 8.86. The zero-order valence-corrected chi connectivity index (χ0v) is 22.4. The van der Waals surface area contributed by atoms with E-state index in [4.69, 9.17) is 4.74 Å². The van der Waals surface area contributed by atoms with Gasteiger partial charge in [0.1, 0.15) is 6.33 Å². The molecular weight excluding hydrogens is 476 g/mol. The zero-order chi connectivity index (χ0) is 25.8. The van der Waals surface area contributed by atoms with Crippen LogP contribution in [0.1, 0.15) is 73.6 Å². The van der Waals surface area contributed by atoms with Gasteiger partial charge in [-0.05, 0) is 79.4 Å². The number of aromatic amines is 1. The minimum atomic E-state index is 0.310. The van der Waals surface area contributed by atoms with Gasteiger partial charge in [0.2, 0.25) is 5.91 Å². The van der Waals surface area contributed by atoms with E-state index in [9.17, 15) is 4.79 Å². The van der Waals surface area contributed by atoms with Crippen molar-refractivity contribution in [2.75, 3.05) is 32.7 Å². The number of ether oxygens (including phenoxy) is 1. The highest BCUT2D eigenvalue weighted by Gasteiger charge is 2.28. The molecule has 0 aliphatic carbocycles. The van der Waals surface area contributed by atoms with Crippen LogP contribution in [-0.4, -0.2) is 68.0 Å². The third kappa shape index (κ3) is 4.01. The number of hydrogen-bond acceptors (Lipinski definition) is 5. The number of nitrogens with zero attached hydrogens (tertiary/aromatic N) is 5. The van der Waals surface area contributed by atoms with Crippen molar-refractivity contribution in [1.82, 2.24) is 29.4 Å². The summed E-state index contributed by atoms with van der Waals surface area (Å²) in [5.41, 5.74) is 9.51. The number of hydrogen-bond donors (Lipinski definition) is 1. The Hall–Kier alpha value is -3.23. The van der Waals surface area contributed by atoms with Gasteiger partial charge in [-0.1, -0.05) is 19.9 Å². The second-order valence-electron chi connectivity index (χ2n) is 11.5. The summed E-state index contributed by atoms with van der Waals surface area (Å²) >= 11 is 0. The molecule has 1 N–H and O–H groups in total. The monoisotopic (exact) mass is 512 g/mol. The van der Waals surface area contributed by atoms with Gasteiger partial charge >= 0.3 is 0 Å². The number of amides is 1. The van der Waals surface area contributed by atoms with E-state index in [0.717, 1.165) is 68.6 Å². The molecule has 1 aromatic carbocycles. The van der Waals surface area contributed by atoms with Crippen molar-refractivity contribution in [1.29, 1.82) is 0 Å². The minimum absolute atomic E-state index is 0.310. The molecule has 0 atom stereocenters. The van der Waals surface area contributed by atoms with E-state index in [0.29, 0.717) is 37.5 Å². The first kappa shape index (κ1) is 23.9. The lowest BCUT2D eigenvalue weighted by atomic mass is 9.87. The van der Waals surface area contributed by atoms with Gasteiger partial charge < -0.3 is 14.6 Å². The van der Waals surface area contributed by atoms with Crippen LogP contribution in [0.4, 0.5) is 0 Å². The molecule has 3 aliphatic rings. The van der Waals surface area contributed by atoms with Crippen LogP contribution in [0.15, 0.2) is 30.7 Å². The van der Waals surface area contributed by atoms with Crippen LogP contribution in [0.2, 0.25) is 0 Å². The molecule has 2 saturated heterocycles. The van der Waals surface area contributed by atoms with Crippen LogP contribution in [0.5, 0.6) is 0 Å². The van der Waals surface area contributed by atoms with Crippen LogP contribution in [0.25, 0.3) is 27.8 Å². The summed E-state index contributed by atoms with van der Waals surface area (Å²) in [7, 11) is 0. The maximum absolute atomic E-state index is 12.6. The fourth-order valence-corrected chi connectivity index (χ4v) is 6.82. The predicted molar refractivity (Wildman–Crippen MR) is 147 cm³/mol. The number of carbonyl (C=O) groups excluding carboxylic acids is 1. The van der Waals surface area contributed by atoms with Crippen molar-refractivity contribution in [2.45, 2.75) is 64.6 Å². The molecule has 8 nitrogen and oxygen atoms in total. The lowest BCUT2D eigenvalue weighted by molar-refractivity contribution is -0.131. The number of rotatable bonds is 5. The number of likely N-dealkylation sites (tertiary alicyclic amines) is 2. The summed E-state index contributed by atoms with van der Waals surface area (Å²) in [4.78, 5) is 25.3. The molecule has 8 heteroatoms. The van der Waals surface area contributed by atoms with Gasteiger partial charge in [0, 0.05) is 41.3 Å². The SMILES string of the molecule is CC(C)c1c(-c2cn3ncnc3c3c2COC3)[nH]c2ccc(C3CCN(CC(=O)N4CCCC4)CC3)cc12. The summed E-state index contributed by atoms with van der Waals surface area (Å²) in [6, 6.07) is 6.98. The Balaban J connectivity index is 1.18. The van der Waals surface area contributed by atoms with Gasteiger partial charge in [-0.25, -0.2) is 9.50 Å². The van der Waals surface area contributed by atoms with Gasteiger partial charge in [-0.3, -0.25) is 9.69 Å². The standard InChI is InChI=1S/C30H36N6O2/c1-19(2)28-22-13-21(20-7-11-34(12-8-20)15-27(37)35-9-3-4-10-35)5-6-26(22)33-29(28)23-14-36-30(31-18-32-36)25-17-38-16-24(23)25/h5-6,13-14,18-20,33H,3-4,7-12,15-17H2,1-2H3. The van der Waals surface area contributed by atoms with Crippen LogP contribution in [0, 0.1) is 0 Å². The van der Waals surface area contributed by atoms with E-state index in [1.807, 2.05) is 9.42 Å². The molecule has 6 heterocycles. The fourth-order valence-electron chi connectivity index (χ4n) is 6.82. The summed E-state index contributed by atoms with van der Waals surface area (Å²) in [6.07, 6.45) is 8.22. The minimum Gasteiger partial charge on any atom is -0.372 e.